The molecule has 3 N–H and O–H groups in total. The Kier molecular flexibility index (Phi) is 6.41. The number of nitrogens with two attached hydrogens (primary N) is 1. The van der Waals surface area contributed by atoms with Gasteiger partial charge in [-0.2, -0.15) is 0 Å². The average Bonchev–Trinajstić information content (AvgIpc) is 3.26. The predicted molar refractivity (Wildman–Crippen MR) is 128 cm³/mol. The van der Waals surface area contributed by atoms with Crippen LogP contribution in [0.2, 0.25) is 0 Å². The van der Waals surface area contributed by atoms with Gasteiger partial charge in [-0.3, -0.25) is 19.3 Å². The molecule has 33 heavy (non-hydrogen) atoms. The van der Waals surface area contributed by atoms with E-state index in [0.29, 0.717) is 17.1 Å². The van der Waals surface area contributed by atoms with E-state index in [2.05, 4.69) is 17.2 Å². The summed E-state index contributed by atoms with van der Waals surface area (Å²) in [7, 11) is 0. The molecule has 0 bridgehead atoms. The van der Waals surface area contributed by atoms with Crippen LogP contribution in [0.1, 0.15) is 35.6 Å². The predicted octanol–water partition coefficient (Wildman–Crippen LogP) is 3.61. The van der Waals surface area contributed by atoms with Crippen molar-refractivity contribution in [1.29, 1.82) is 0 Å². The summed E-state index contributed by atoms with van der Waals surface area (Å²) in [5.74, 6) is -0.924. The summed E-state index contributed by atoms with van der Waals surface area (Å²) in [5.41, 5.74) is 8.04. The molecular formula is C24H24N4O4S. The second-order valence-corrected chi connectivity index (χ2v) is 8.64. The topological polar surface area (TPSA) is 115 Å². The maximum absolute atomic E-state index is 12.9. The molecule has 3 amide bonds. The normalized spacial score (nSPS) is 15.0. The summed E-state index contributed by atoms with van der Waals surface area (Å²) in [6, 6.07) is 12.0. The molecule has 1 atom stereocenters. The highest BCUT2D eigenvalue weighted by molar-refractivity contribution is 7.09. The van der Waals surface area contributed by atoms with E-state index in [-0.39, 0.29) is 18.0 Å². The molecule has 3 aromatic rings. The minimum absolute atomic E-state index is 0.196. The van der Waals surface area contributed by atoms with E-state index >= 15 is 0 Å². The zero-order valence-electron chi connectivity index (χ0n) is 18.3. The number of nitrogens with zero attached hydrogens (tertiary/aromatic N) is 2. The number of aryl methyl sites for hydroxylation is 1. The summed E-state index contributed by atoms with van der Waals surface area (Å²) >= 11 is 1.60. The Morgan fingerprint density at radius 3 is 2.79 bits per heavy atom. The van der Waals surface area contributed by atoms with Gasteiger partial charge in [-0.15, -0.1) is 11.3 Å². The molecule has 170 valence electrons. The van der Waals surface area contributed by atoms with Crippen LogP contribution in [-0.2, 0) is 16.0 Å². The molecule has 4 rings (SSSR count). The highest BCUT2D eigenvalue weighted by Gasteiger charge is 2.33. The van der Waals surface area contributed by atoms with Crippen LogP contribution in [0, 0.1) is 0 Å². The Bertz CT molecular complexity index is 1220. The highest BCUT2D eigenvalue weighted by atomic mass is 32.1. The standard InChI is InChI=1S/C24H24N4O4S/c1-3-6-22-27-18(13-33-22)15-9-10-20-19(11-15)28(24(31)14(2)32-20)12-21(29)26-17-8-5-4-7-16(17)23(25)30/h4-5,7-11,13-14H,3,6,12H2,1-2H3,(H2,25,30)(H,26,29). The summed E-state index contributed by atoms with van der Waals surface area (Å²) in [6.45, 7) is 3.51. The number of ether oxygens (including phenoxy) is 1. The van der Waals surface area contributed by atoms with Crippen molar-refractivity contribution < 1.29 is 19.1 Å². The number of rotatable bonds is 7. The molecule has 1 aliphatic rings. The monoisotopic (exact) mass is 464 g/mol. The number of carbonyl (C=O) groups is 3. The zero-order valence-corrected chi connectivity index (χ0v) is 19.1. The molecule has 2 aromatic carbocycles. The number of amides is 3. The smallest absolute Gasteiger partial charge is 0.268 e. The van der Waals surface area contributed by atoms with Gasteiger partial charge >= 0.3 is 0 Å². The molecule has 1 unspecified atom stereocenters. The van der Waals surface area contributed by atoms with E-state index in [4.69, 9.17) is 10.5 Å². The molecule has 0 saturated heterocycles. The molecule has 0 fully saturated rings. The van der Waals surface area contributed by atoms with Crippen molar-refractivity contribution in [2.45, 2.75) is 32.8 Å². The Hall–Kier alpha value is -3.72. The summed E-state index contributed by atoms with van der Waals surface area (Å²) in [5, 5.41) is 5.72. The van der Waals surface area contributed by atoms with Gasteiger partial charge < -0.3 is 15.8 Å². The lowest BCUT2D eigenvalue weighted by Gasteiger charge is -2.33. The number of benzene rings is 2. The number of nitrogens with one attached hydrogen (secondary N) is 1. The first-order valence-corrected chi connectivity index (χ1v) is 11.5. The SMILES string of the molecule is CCCc1nc(-c2ccc3c(c2)N(CC(=O)Nc2ccccc2C(N)=O)C(=O)C(C)O3)cs1. The van der Waals surface area contributed by atoms with E-state index in [1.54, 1.807) is 42.5 Å². The Morgan fingerprint density at radius 1 is 1.24 bits per heavy atom. The third kappa shape index (κ3) is 4.73. The number of aromatic nitrogens is 1. The van der Waals surface area contributed by atoms with Crippen LogP contribution in [0.25, 0.3) is 11.3 Å². The van der Waals surface area contributed by atoms with Crippen molar-refractivity contribution >= 4 is 40.4 Å². The molecule has 0 aliphatic carbocycles. The second-order valence-electron chi connectivity index (χ2n) is 7.70. The Morgan fingerprint density at radius 2 is 2.03 bits per heavy atom. The Labute approximate surface area is 195 Å². The van der Waals surface area contributed by atoms with Crippen molar-refractivity contribution in [2.24, 2.45) is 5.73 Å². The number of primary amides is 1. The fraction of sp³-hybridized carbons (Fsp3) is 0.250. The first-order chi connectivity index (χ1) is 15.9. The van der Waals surface area contributed by atoms with Gasteiger partial charge in [-0.1, -0.05) is 19.1 Å². The minimum Gasteiger partial charge on any atom is -0.479 e. The van der Waals surface area contributed by atoms with Crippen molar-refractivity contribution in [3.8, 4) is 17.0 Å². The van der Waals surface area contributed by atoms with Crippen LogP contribution in [0.3, 0.4) is 0 Å². The molecule has 9 heteroatoms. The highest BCUT2D eigenvalue weighted by Crippen LogP contribution is 2.38. The van der Waals surface area contributed by atoms with E-state index < -0.39 is 17.9 Å². The number of hydrogen-bond donors (Lipinski definition) is 2. The summed E-state index contributed by atoms with van der Waals surface area (Å²) in [6.07, 6.45) is 1.19. The fourth-order valence-electron chi connectivity index (χ4n) is 3.64. The van der Waals surface area contributed by atoms with Crippen LogP contribution in [-0.4, -0.2) is 35.4 Å². The van der Waals surface area contributed by atoms with Crippen molar-refractivity contribution in [2.75, 3.05) is 16.8 Å². The van der Waals surface area contributed by atoms with Gasteiger partial charge in [0, 0.05) is 10.9 Å². The van der Waals surface area contributed by atoms with E-state index in [9.17, 15) is 14.4 Å². The lowest BCUT2D eigenvalue weighted by molar-refractivity contribution is -0.127. The van der Waals surface area contributed by atoms with E-state index in [1.807, 2.05) is 17.5 Å². The van der Waals surface area contributed by atoms with Gasteiger partial charge in [-0.05, 0) is 50.1 Å². The van der Waals surface area contributed by atoms with Gasteiger partial charge in [0.05, 0.1) is 27.6 Å². The lowest BCUT2D eigenvalue weighted by Crippen LogP contribution is -2.47. The van der Waals surface area contributed by atoms with Crippen molar-refractivity contribution in [1.82, 2.24) is 4.98 Å². The van der Waals surface area contributed by atoms with Crippen LogP contribution < -0.4 is 20.7 Å². The molecule has 8 nitrogen and oxygen atoms in total. The van der Waals surface area contributed by atoms with Gasteiger partial charge in [0.2, 0.25) is 5.91 Å². The summed E-state index contributed by atoms with van der Waals surface area (Å²) < 4.78 is 5.76. The van der Waals surface area contributed by atoms with Crippen LogP contribution in [0.4, 0.5) is 11.4 Å². The van der Waals surface area contributed by atoms with Gasteiger partial charge in [-0.25, -0.2) is 4.98 Å². The van der Waals surface area contributed by atoms with Crippen molar-refractivity contribution in [3.63, 3.8) is 0 Å². The van der Waals surface area contributed by atoms with Gasteiger partial charge in [0.25, 0.3) is 11.8 Å². The molecule has 1 aromatic heterocycles. The summed E-state index contributed by atoms with van der Waals surface area (Å²) in [4.78, 5) is 43.5. The fourth-order valence-corrected chi connectivity index (χ4v) is 4.55. The zero-order chi connectivity index (χ0) is 23.5. The molecule has 2 heterocycles. The van der Waals surface area contributed by atoms with Crippen LogP contribution in [0.5, 0.6) is 5.75 Å². The van der Waals surface area contributed by atoms with E-state index in [0.717, 1.165) is 29.1 Å². The third-order valence-corrected chi connectivity index (χ3v) is 6.16. The van der Waals surface area contributed by atoms with Crippen LogP contribution in [0.15, 0.2) is 47.8 Å². The number of thiazole rings is 1. The minimum atomic E-state index is -0.732. The molecule has 0 spiro atoms. The van der Waals surface area contributed by atoms with E-state index in [1.165, 1.54) is 11.0 Å². The first-order valence-electron chi connectivity index (χ1n) is 10.6. The average molecular weight is 465 g/mol. The first kappa shape index (κ1) is 22.5. The maximum Gasteiger partial charge on any atom is 0.268 e. The van der Waals surface area contributed by atoms with Crippen LogP contribution >= 0.6 is 11.3 Å². The number of anilines is 2. The number of para-hydroxylation sites is 1. The molecule has 0 radical (unpaired) electrons. The maximum atomic E-state index is 12.9. The second kappa shape index (κ2) is 9.41. The molecular weight excluding hydrogens is 440 g/mol. The molecule has 1 aliphatic heterocycles. The third-order valence-electron chi connectivity index (χ3n) is 5.25. The number of hydrogen-bond acceptors (Lipinski definition) is 6. The number of fused-ring (bicyclic) bond motifs is 1. The molecule has 0 saturated carbocycles. The Balaban J connectivity index is 1.61. The lowest BCUT2D eigenvalue weighted by atomic mass is 10.1. The number of carbonyl (C=O) groups excluding carboxylic acids is 3. The largest absolute Gasteiger partial charge is 0.479 e. The van der Waals surface area contributed by atoms with Gasteiger partial charge in [0.1, 0.15) is 12.3 Å². The van der Waals surface area contributed by atoms with Gasteiger partial charge in [0.15, 0.2) is 6.10 Å². The van der Waals surface area contributed by atoms with Crippen molar-refractivity contribution in [3.05, 3.63) is 58.4 Å². The quantitative estimate of drug-likeness (QED) is 0.554.